The summed E-state index contributed by atoms with van der Waals surface area (Å²) >= 11 is 9.34. The van der Waals surface area contributed by atoms with Gasteiger partial charge in [0.1, 0.15) is 0 Å². The maximum absolute atomic E-state index is 12.2. The lowest BCUT2D eigenvalue weighted by atomic mass is 9.84. The molecular formula is C15H19BrClNO. The van der Waals surface area contributed by atoms with Crippen LogP contribution in [0.5, 0.6) is 0 Å². The van der Waals surface area contributed by atoms with Crippen molar-refractivity contribution < 1.29 is 4.79 Å². The Morgan fingerprint density at radius 1 is 1.37 bits per heavy atom. The molecule has 0 aromatic heterocycles. The topological polar surface area (TPSA) is 29.1 Å². The third-order valence-electron chi connectivity index (χ3n) is 3.90. The summed E-state index contributed by atoms with van der Waals surface area (Å²) in [6.07, 6.45) is 6.36. The number of hydrogen-bond donors (Lipinski definition) is 1. The van der Waals surface area contributed by atoms with Crippen LogP contribution in [0.25, 0.3) is 0 Å². The van der Waals surface area contributed by atoms with E-state index in [4.69, 9.17) is 11.6 Å². The lowest BCUT2D eigenvalue weighted by molar-refractivity contribution is 0.0919. The van der Waals surface area contributed by atoms with Crippen LogP contribution < -0.4 is 5.32 Å². The number of hydrogen-bond acceptors (Lipinski definition) is 1. The Morgan fingerprint density at radius 2 is 2.05 bits per heavy atom. The first-order valence-corrected chi connectivity index (χ1v) is 8.01. The fourth-order valence-electron chi connectivity index (χ4n) is 2.68. The monoisotopic (exact) mass is 343 g/mol. The van der Waals surface area contributed by atoms with Crippen molar-refractivity contribution in [3.63, 3.8) is 0 Å². The summed E-state index contributed by atoms with van der Waals surface area (Å²) in [6, 6.07) is 5.53. The summed E-state index contributed by atoms with van der Waals surface area (Å²) in [5.41, 5.74) is 0.621. The highest BCUT2D eigenvalue weighted by atomic mass is 79.9. The van der Waals surface area contributed by atoms with Crippen molar-refractivity contribution in [2.75, 3.05) is 0 Å². The Morgan fingerprint density at radius 3 is 2.68 bits per heavy atom. The van der Waals surface area contributed by atoms with Crippen molar-refractivity contribution >= 4 is 33.4 Å². The van der Waals surface area contributed by atoms with E-state index in [-0.39, 0.29) is 11.9 Å². The minimum absolute atomic E-state index is 0.0347. The van der Waals surface area contributed by atoms with E-state index >= 15 is 0 Å². The van der Waals surface area contributed by atoms with Crippen LogP contribution in [0.3, 0.4) is 0 Å². The minimum Gasteiger partial charge on any atom is -0.349 e. The molecule has 0 heterocycles. The maximum atomic E-state index is 12.2. The summed E-state index contributed by atoms with van der Waals surface area (Å²) in [6.45, 7) is 2.11. The Balaban J connectivity index is 1.97. The van der Waals surface area contributed by atoms with Crippen molar-refractivity contribution in [3.05, 3.63) is 33.3 Å². The van der Waals surface area contributed by atoms with Crippen molar-refractivity contribution in [2.45, 2.75) is 45.1 Å². The second-order valence-corrected chi connectivity index (χ2v) is 6.55. The van der Waals surface area contributed by atoms with Gasteiger partial charge >= 0.3 is 0 Å². The van der Waals surface area contributed by atoms with Crippen molar-refractivity contribution in [1.82, 2.24) is 5.32 Å². The van der Waals surface area contributed by atoms with Gasteiger partial charge in [-0.15, -0.1) is 0 Å². The zero-order valence-electron chi connectivity index (χ0n) is 11.1. The Bertz CT molecular complexity index is 457. The second kappa shape index (κ2) is 6.76. The highest BCUT2D eigenvalue weighted by Gasteiger charge is 2.21. The highest BCUT2D eigenvalue weighted by molar-refractivity contribution is 9.10. The zero-order valence-corrected chi connectivity index (χ0v) is 13.4. The Hall–Kier alpha value is -0.540. The molecule has 1 aromatic carbocycles. The van der Waals surface area contributed by atoms with E-state index in [0.717, 1.165) is 4.47 Å². The smallest absolute Gasteiger partial charge is 0.251 e. The number of amides is 1. The normalized spacial score (nSPS) is 18.1. The van der Waals surface area contributed by atoms with Crippen molar-refractivity contribution in [2.24, 2.45) is 5.92 Å². The quantitative estimate of drug-likeness (QED) is 0.838. The van der Waals surface area contributed by atoms with Gasteiger partial charge in [0.05, 0.1) is 5.02 Å². The number of halogens is 2. The molecular weight excluding hydrogens is 326 g/mol. The molecule has 1 amide bonds. The van der Waals surface area contributed by atoms with E-state index < -0.39 is 0 Å². The van der Waals surface area contributed by atoms with Crippen LogP contribution in [-0.4, -0.2) is 11.9 Å². The SMILES string of the molecule is CC(NC(=O)c1ccc(Br)c(Cl)c1)C1CCCCC1. The number of benzene rings is 1. The molecule has 0 bridgehead atoms. The predicted octanol–water partition coefficient (Wildman–Crippen LogP) is 4.80. The summed E-state index contributed by atoms with van der Waals surface area (Å²) in [4.78, 5) is 12.2. The van der Waals surface area contributed by atoms with Gasteiger partial charge in [0.2, 0.25) is 0 Å². The third-order valence-corrected chi connectivity index (χ3v) is 5.13. The van der Waals surface area contributed by atoms with Crippen LogP contribution in [0.2, 0.25) is 5.02 Å². The lowest BCUT2D eigenvalue weighted by Crippen LogP contribution is -2.38. The lowest BCUT2D eigenvalue weighted by Gasteiger charge is -2.28. The van der Waals surface area contributed by atoms with Crippen molar-refractivity contribution in [1.29, 1.82) is 0 Å². The molecule has 1 saturated carbocycles. The van der Waals surface area contributed by atoms with E-state index in [9.17, 15) is 4.79 Å². The van der Waals surface area contributed by atoms with E-state index in [1.807, 2.05) is 6.07 Å². The first kappa shape index (κ1) is 14.9. The fraction of sp³-hybridized carbons (Fsp3) is 0.533. The molecule has 0 aliphatic heterocycles. The Kier molecular flexibility index (Phi) is 5.28. The molecule has 1 N–H and O–H groups in total. The second-order valence-electron chi connectivity index (χ2n) is 5.29. The van der Waals surface area contributed by atoms with Crippen LogP contribution in [0.1, 0.15) is 49.4 Å². The third kappa shape index (κ3) is 3.96. The zero-order chi connectivity index (χ0) is 13.8. The van der Waals surface area contributed by atoms with Crippen LogP contribution in [0, 0.1) is 5.92 Å². The minimum atomic E-state index is -0.0347. The molecule has 1 unspecified atom stereocenters. The van der Waals surface area contributed by atoms with Gasteiger partial charge < -0.3 is 5.32 Å². The Labute approximate surface area is 128 Å². The van der Waals surface area contributed by atoms with Gasteiger partial charge in [-0.25, -0.2) is 0 Å². The molecule has 0 saturated heterocycles. The van der Waals surface area contributed by atoms with Crippen LogP contribution in [-0.2, 0) is 0 Å². The average Bonchev–Trinajstić information content (AvgIpc) is 2.42. The number of carbonyl (C=O) groups excluding carboxylic acids is 1. The summed E-state index contributed by atoms with van der Waals surface area (Å²) in [7, 11) is 0. The first-order chi connectivity index (χ1) is 9.08. The molecule has 19 heavy (non-hydrogen) atoms. The van der Waals surface area contributed by atoms with Gasteiger partial charge in [-0.2, -0.15) is 0 Å². The average molecular weight is 345 g/mol. The number of carbonyl (C=O) groups is 1. The van der Waals surface area contributed by atoms with Crippen LogP contribution >= 0.6 is 27.5 Å². The van der Waals surface area contributed by atoms with E-state index in [1.165, 1.54) is 32.1 Å². The maximum Gasteiger partial charge on any atom is 0.251 e. The molecule has 104 valence electrons. The summed E-state index contributed by atoms with van der Waals surface area (Å²) < 4.78 is 0.811. The van der Waals surface area contributed by atoms with E-state index in [0.29, 0.717) is 16.5 Å². The molecule has 0 spiro atoms. The summed E-state index contributed by atoms with van der Waals surface area (Å²) in [5.74, 6) is 0.580. The first-order valence-electron chi connectivity index (χ1n) is 6.84. The van der Waals surface area contributed by atoms with E-state index in [2.05, 4.69) is 28.2 Å². The standard InChI is InChI=1S/C15H19BrClNO/c1-10(11-5-3-2-4-6-11)18-15(19)12-7-8-13(16)14(17)9-12/h7-11H,2-6H2,1H3,(H,18,19). The molecule has 1 aromatic rings. The molecule has 4 heteroatoms. The van der Waals surface area contributed by atoms with Gasteiger partial charge in [0.15, 0.2) is 0 Å². The van der Waals surface area contributed by atoms with Crippen molar-refractivity contribution in [3.8, 4) is 0 Å². The number of nitrogens with one attached hydrogen (secondary N) is 1. The van der Waals surface area contributed by atoms with Gasteiger partial charge in [-0.05, 0) is 59.8 Å². The predicted molar refractivity (Wildman–Crippen MR) is 82.7 cm³/mol. The van der Waals surface area contributed by atoms with Gasteiger partial charge in [0.25, 0.3) is 5.91 Å². The van der Waals surface area contributed by atoms with E-state index in [1.54, 1.807) is 12.1 Å². The fourth-order valence-corrected chi connectivity index (χ4v) is 3.11. The molecule has 1 fully saturated rings. The van der Waals surface area contributed by atoms with Gasteiger partial charge in [-0.3, -0.25) is 4.79 Å². The molecule has 2 rings (SSSR count). The summed E-state index contributed by atoms with van der Waals surface area (Å²) in [5, 5.41) is 3.67. The molecule has 0 radical (unpaired) electrons. The van der Waals surface area contributed by atoms with Crippen LogP contribution in [0.4, 0.5) is 0 Å². The van der Waals surface area contributed by atoms with Crippen LogP contribution in [0.15, 0.2) is 22.7 Å². The number of rotatable bonds is 3. The van der Waals surface area contributed by atoms with Gasteiger partial charge in [-0.1, -0.05) is 30.9 Å². The van der Waals surface area contributed by atoms with Gasteiger partial charge in [0, 0.05) is 16.1 Å². The molecule has 1 aliphatic carbocycles. The molecule has 2 nitrogen and oxygen atoms in total. The highest BCUT2D eigenvalue weighted by Crippen LogP contribution is 2.27. The largest absolute Gasteiger partial charge is 0.349 e. The molecule has 1 atom stereocenters. The molecule has 1 aliphatic rings.